The summed E-state index contributed by atoms with van der Waals surface area (Å²) in [7, 11) is -4.64. The van der Waals surface area contributed by atoms with Gasteiger partial charge in [-0.1, -0.05) is 57.2 Å². The molecule has 1 aromatic rings. The fourth-order valence-corrected chi connectivity index (χ4v) is 4.18. The molecule has 0 saturated carbocycles. The van der Waals surface area contributed by atoms with Crippen molar-refractivity contribution >= 4 is 10.1 Å². The van der Waals surface area contributed by atoms with Crippen LogP contribution in [0.2, 0.25) is 0 Å². The minimum absolute atomic E-state index is 0.00380. The molecule has 0 aliphatic carbocycles. The van der Waals surface area contributed by atoms with Crippen LogP contribution in [0, 0.1) is 0 Å². The van der Waals surface area contributed by atoms with E-state index in [9.17, 15) is 28.3 Å². The summed E-state index contributed by atoms with van der Waals surface area (Å²) in [6.45, 7) is 0.613. The SMILES string of the molecule is CCCCCCCC(OCCO)C(OCCO)(OCCO)c1ccccc1S(=O)(=O)O. The van der Waals surface area contributed by atoms with Crippen molar-refractivity contribution in [3.63, 3.8) is 0 Å². The molecule has 0 aliphatic rings. The van der Waals surface area contributed by atoms with Crippen molar-refractivity contribution in [1.82, 2.24) is 0 Å². The van der Waals surface area contributed by atoms with Crippen LogP contribution in [0.1, 0.15) is 51.0 Å². The van der Waals surface area contributed by atoms with Gasteiger partial charge in [-0.3, -0.25) is 4.55 Å². The Bertz CT molecular complexity index is 701. The van der Waals surface area contributed by atoms with Gasteiger partial charge < -0.3 is 29.5 Å². The summed E-state index contributed by atoms with van der Waals surface area (Å²) in [5, 5.41) is 28.1. The highest BCUT2D eigenvalue weighted by atomic mass is 32.2. The fourth-order valence-electron chi connectivity index (χ4n) is 3.44. The van der Waals surface area contributed by atoms with Crippen molar-refractivity contribution in [1.29, 1.82) is 0 Å². The van der Waals surface area contributed by atoms with E-state index in [4.69, 9.17) is 14.2 Å². The van der Waals surface area contributed by atoms with E-state index in [0.29, 0.717) is 6.42 Å². The van der Waals surface area contributed by atoms with Gasteiger partial charge >= 0.3 is 0 Å². The van der Waals surface area contributed by atoms with E-state index in [1.54, 1.807) is 6.07 Å². The Morgan fingerprint density at radius 1 is 0.903 bits per heavy atom. The Kier molecular flexibility index (Phi) is 13.4. The average molecular weight is 465 g/mol. The minimum atomic E-state index is -4.64. The van der Waals surface area contributed by atoms with Crippen molar-refractivity contribution in [2.24, 2.45) is 0 Å². The third-order valence-electron chi connectivity index (χ3n) is 4.76. The molecule has 9 nitrogen and oxygen atoms in total. The van der Waals surface area contributed by atoms with E-state index in [1.807, 2.05) is 0 Å². The van der Waals surface area contributed by atoms with Gasteiger partial charge in [-0.15, -0.1) is 0 Å². The summed E-state index contributed by atoms with van der Waals surface area (Å²) in [5.74, 6) is -1.84. The van der Waals surface area contributed by atoms with Gasteiger partial charge in [-0.25, -0.2) is 0 Å². The number of benzene rings is 1. The van der Waals surface area contributed by atoms with Gasteiger partial charge in [0.25, 0.3) is 10.1 Å². The molecule has 31 heavy (non-hydrogen) atoms. The van der Waals surface area contributed by atoms with Crippen LogP contribution in [0.3, 0.4) is 0 Å². The molecule has 180 valence electrons. The summed E-state index contributed by atoms with van der Waals surface area (Å²) in [4.78, 5) is -0.422. The van der Waals surface area contributed by atoms with Crippen LogP contribution in [-0.2, 0) is 30.1 Å². The van der Waals surface area contributed by atoms with E-state index in [0.717, 1.165) is 32.1 Å². The summed E-state index contributed by atoms with van der Waals surface area (Å²) in [6.07, 6.45) is 4.34. The first-order valence-corrected chi connectivity index (χ1v) is 12.1. The lowest BCUT2D eigenvalue weighted by atomic mass is 9.94. The molecule has 0 aliphatic heterocycles. The minimum Gasteiger partial charge on any atom is -0.394 e. The van der Waals surface area contributed by atoms with Crippen molar-refractivity contribution in [3.8, 4) is 0 Å². The highest BCUT2D eigenvalue weighted by Crippen LogP contribution is 2.39. The predicted octanol–water partition coefficient (Wildman–Crippen LogP) is 1.84. The quantitative estimate of drug-likeness (QED) is 0.145. The maximum absolute atomic E-state index is 12.1. The van der Waals surface area contributed by atoms with Gasteiger partial charge in [0.1, 0.15) is 11.0 Å². The first kappa shape index (κ1) is 27.9. The molecular weight excluding hydrogens is 428 g/mol. The van der Waals surface area contributed by atoms with Crippen LogP contribution in [0.5, 0.6) is 0 Å². The second-order valence-electron chi connectivity index (χ2n) is 7.07. The lowest BCUT2D eigenvalue weighted by Gasteiger charge is -2.41. The highest BCUT2D eigenvalue weighted by molar-refractivity contribution is 7.85. The number of ether oxygens (including phenoxy) is 3. The van der Waals surface area contributed by atoms with E-state index >= 15 is 0 Å². The largest absolute Gasteiger partial charge is 0.394 e. The standard InChI is InChI=1S/C21H36O9S/c1-2-3-4-5-6-11-20(28-15-12-22)21(29-16-13-23,30-17-14-24)18-9-7-8-10-19(18)31(25,26)27/h7-10,20,22-24H,2-6,11-17H2,1H3,(H,25,26,27). The Morgan fingerprint density at radius 2 is 1.48 bits per heavy atom. The number of rotatable bonds is 18. The summed E-state index contributed by atoms with van der Waals surface area (Å²) < 4.78 is 51.5. The molecule has 1 rings (SSSR count). The maximum atomic E-state index is 12.1. The molecule has 1 aromatic carbocycles. The maximum Gasteiger partial charge on any atom is 0.294 e. The molecular formula is C21H36O9S. The zero-order valence-corrected chi connectivity index (χ0v) is 18.9. The zero-order valence-electron chi connectivity index (χ0n) is 18.1. The van der Waals surface area contributed by atoms with Crippen LogP contribution in [0.15, 0.2) is 29.2 Å². The number of hydrogen-bond donors (Lipinski definition) is 4. The molecule has 0 amide bonds. The molecule has 1 atom stereocenters. The highest BCUT2D eigenvalue weighted by Gasteiger charge is 2.46. The fraction of sp³-hybridized carbons (Fsp3) is 0.714. The molecule has 0 heterocycles. The van der Waals surface area contributed by atoms with Crippen molar-refractivity contribution in [2.45, 2.75) is 62.2 Å². The molecule has 0 spiro atoms. The third-order valence-corrected chi connectivity index (χ3v) is 5.67. The van der Waals surface area contributed by atoms with Crippen LogP contribution in [0.25, 0.3) is 0 Å². The van der Waals surface area contributed by atoms with Crippen molar-refractivity contribution < 1.29 is 42.5 Å². The van der Waals surface area contributed by atoms with Gasteiger partial charge in [0.15, 0.2) is 0 Å². The first-order valence-electron chi connectivity index (χ1n) is 10.7. The van der Waals surface area contributed by atoms with Crippen molar-refractivity contribution in [3.05, 3.63) is 29.8 Å². The molecule has 0 fully saturated rings. The molecule has 10 heteroatoms. The Morgan fingerprint density at radius 3 is 2.03 bits per heavy atom. The lowest BCUT2D eigenvalue weighted by Crippen LogP contribution is -2.48. The average Bonchev–Trinajstić information content (AvgIpc) is 2.76. The molecule has 0 bridgehead atoms. The van der Waals surface area contributed by atoms with Gasteiger partial charge in [-0.2, -0.15) is 8.42 Å². The van der Waals surface area contributed by atoms with Gasteiger partial charge in [0, 0.05) is 5.56 Å². The van der Waals surface area contributed by atoms with E-state index in [-0.39, 0.29) is 45.2 Å². The van der Waals surface area contributed by atoms with Crippen LogP contribution >= 0.6 is 0 Å². The predicted molar refractivity (Wildman–Crippen MR) is 114 cm³/mol. The normalized spacial score (nSPS) is 13.5. The van der Waals surface area contributed by atoms with E-state index in [1.165, 1.54) is 18.2 Å². The number of hydrogen-bond acceptors (Lipinski definition) is 8. The number of aliphatic hydroxyl groups is 3. The Balaban J connectivity index is 3.48. The Labute approximate surface area is 184 Å². The first-order chi connectivity index (χ1) is 14.9. The monoisotopic (exact) mass is 464 g/mol. The molecule has 1 unspecified atom stereocenters. The summed E-state index contributed by atoms with van der Waals surface area (Å²) in [6, 6.07) is 5.66. The van der Waals surface area contributed by atoms with Crippen molar-refractivity contribution in [2.75, 3.05) is 39.6 Å². The Hall–Kier alpha value is -1.11. The van der Waals surface area contributed by atoms with Crippen LogP contribution < -0.4 is 0 Å². The van der Waals surface area contributed by atoms with Crippen LogP contribution in [0.4, 0.5) is 0 Å². The zero-order chi connectivity index (χ0) is 23.2. The molecule has 0 aromatic heterocycles. The van der Waals surface area contributed by atoms with Gasteiger partial charge in [0.05, 0.1) is 39.6 Å². The topological polar surface area (TPSA) is 143 Å². The molecule has 0 saturated heterocycles. The lowest BCUT2D eigenvalue weighted by molar-refractivity contribution is -0.309. The molecule has 4 N–H and O–H groups in total. The molecule has 0 radical (unpaired) electrons. The third kappa shape index (κ3) is 8.74. The van der Waals surface area contributed by atoms with Crippen LogP contribution in [-0.4, -0.2) is 74.0 Å². The number of aliphatic hydroxyl groups excluding tert-OH is 3. The summed E-state index contributed by atoms with van der Waals surface area (Å²) >= 11 is 0. The van der Waals surface area contributed by atoms with Gasteiger partial charge in [-0.05, 0) is 12.5 Å². The summed E-state index contributed by atoms with van der Waals surface area (Å²) in [5.41, 5.74) is -0.00380. The second-order valence-corrected chi connectivity index (χ2v) is 8.46. The van der Waals surface area contributed by atoms with E-state index < -0.39 is 26.9 Å². The smallest absolute Gasteiger partial charge is 0.294 e. The number of unbranched alkanes of at least 4 members (excludes halogenated alkanes) is 4. The second kappa shape index (κ2) is 14.9. The van der Waals surface area contributed by atoms with Gasteiger partial charge in [0.2, 0.25) is 5.79 Å². The van der Waals surface area contributed by atoms with E-state index in [2.05, 4.69) is 6.92 Å².